The Hall–Kier alpha value is -1.22. The molecule has 0 heterocycles. The molecule has 21 heavy (non-hydrogen) atoms. The maximum atomic E-state index is 5.77. The highest BCUT2D eigenvalue weighted by Crippen LogP contribution is 2.38. The van der Waals surface area contributed by atoms with Crippen LogP contribution in [0, 0.1) is 5.92 Å². The summed E-state index contributed by atoms with van der Waals surface area (Å²) in [4.78, 5) is 0. The van der Waals surface area contributed by atoms with Crippen molar-refractivity contribution in [2.45, 2.75) is 52.5 Å². The molecule has 0 aliphatic heterocycles. The van der Waals surface area contributed by atoms with Crippen molar-refractivity contribution in [1.29, 1.82) is 0 Å². The summed E-state index contributed by atoms with van der Waals surface area (Å²) >= 11 is 0. The standard InChI is InChI=1S/C18H29NO2/c1-4-19-18(14-9-7-8-10-14)15-11-12-16(20-5-2)17(13-15)21-6-3/h11-14,18-19H,4-10H2,1-3H3. The number of benzene rings is 1. The average molecular weight is 291 g/mol. The van der Waals surface area contributed by atoms with Crippen molar-refractivity contribution in [3.05, 3.63) is 23.8 Å². The third kappa shape index (κ3) is 4.13. The summed E-state index contributed by atoms with van der Waals surface area (Å²) in [5, 5.41) is 3.67. The molecule has 3 heteroatoms. The molecule has 1 aliphatic carbocycles. The van der Waals surface area contributed by atoms with E-state index in [0.29, 0.717) is 19.3 Å². The first kappa shape index (κ1) is 16.2. The number of ether oxygens (including phenoxy) is 2. The molecule has 1 fully saturated rings. The molecule has 1 atom stereocenters. The molecule has 0 aromatic heterocycles. The fraction of sp³-hybridized carbons (Fsp3) is 0.667. The van der Waals surface area contributed by atoms with Crippen LogP contribution in [-0.4, -0.2) is 19.8 Å². The van der Waals surface area contributed by atoms with E-state index < -0.39 is 0 Å². The maximum Gasteiger partial charge on any atom is 0.161 e. The Labute approximate surface area is 129 Å². The van der Waals surface area contributed by atoms with E-state index in [1.54, 1.807) is 0 Å². The Morgan fingerprint density at radius 2 is 1.71 bits per heavy atom. The van der Waals surface area contributed by atoms with Gasteiger partial charge in [-0.15, -0.1) is 0 Å². The lowest BCUT2D eigenvalue weighted by Gasteiger charge is -2.25. The lowest BCUT2D eigenvalue weighted by Crippen LogP contribution is -2.27. The first-order valence-electron chi connectivity index (χ1n) is 8.43. The summed E-state index contributed by atoms with van der Waals surface area (Å²) in [6.07, 6.45) is 5.38. The highest BCUT2D eigenvalue weighted by molar-refractivity contribution is 5.44. The van der Waals surface area contributed by atoms with E-state index >= 15 is 0 Å². The van der Waals surface area contributed by atoms with Crippen LogP contribution in [0.4, 0.5) is 0 Å². The van der Waals surface area contributed by atoms with Gasteiger partial charge in [-0.1, -0.05) is 25.8 Å². The van der Waals surface area contributed by atoms with E-state index in [4.69, 9.17) is 9.47 Å². The second kappa shape index (κ2) is 8.28. The van der Waals surface area contributed by atoms with Crippen LogP contribution in [0.5, 0.6) is 11.5 Å². The van der Waals surface area contributed by atoms with Crippen LogP contribution in [0.25, 0.3) is 0 Å². The van der Waals surface area contributed by atoms with Gasteiger partial charge in [-0.3, -0.25) is 0 Å². The lowest BCUT2D eigenvalue weighted by molar-refractivity contribution is 0.286. The molecule has 0 saturated heterocycles. The Kier molecular flexibility index (Phi) is 6.37. The van der Waals surface area contributed by atoms with Crippen molar-refractivity contribution in [3.8, 4) is 11.5 Å². The fourth-order valence-electron chi connectivity index (χ4n) is 3.33. The fourth-order valence-corrected chi connectivity index (χ4v) is 3.33. The number of hydrogen-bond donors (Lipinski definition) is 1. The van der Waals surface area contributed by atoms with Crippen LogP contribution in [0.3, 0.4) is 0 Å². The van der Waals surface area contributed by atoms with Crippen LogP contribution < -0.4 is 14.8 Å². The Morgan fingerprint density at radius 3 is 2.33 bits per heavy atom. The van der Waals surface area contributed by atoms with E-state index in [-0.39, 0.29) is 0 Å². The highest BCUT2D eigenvalue weighted by atomic mass is 16.5. The number of nitrogens with one attached hydrogen (secondary N) is 1. The zero-order chi connectivity index (χ0) is 15.1. The Bertz CT molecular complexity index is 427. The van der Waals surface area contributed by atoms with E-state index in [0.717, 1.165) is 24.0 Å². The average Bonchev–Trinajstić information content (AvgIpc) is 3.01. The van der Waals surface area contributed by atoms with Crippen molar-refractivity contribution in [1.82, 2.24) is 5.32 Å². The van der Waals surface area contributed by atoms with E-state index in [9.17, 15) is 0 Å². The molecule has 3 nitrogen and oxygen atoms in total. The minimum absolute atomic E-state index is 0.437. The zero-order valence-corrected chi connectivity index (χ0v) is 13.7. The lowest BCUT2D eigenvalue weighted by atomic mass is 9.91. The normalized spacial score (nSPS) is 16.9. The molecule has 1 N–H and O–H groups in total. The summed E-state index contributed by atoms with van der Waals surface area (Å²) in [5.74, 6) is 2.47. The molecule has 1 aromatic rings. The van der Waals surface area contributed by atoms with E-state index in [2.05, 4.69) is 30.4 Å². The van der Waals surface area contributed by atoms with Crippen molar-refractivity contribution in [2.24, 2.45) is 5.92 Å². The van der Waals surface area contributed by atoms with E-state index in [1.807, 2.05) is 13.8 Å². The largest absolute Gasteiger partial charge is 0.490 e. The number of rotatable bonds is 8. The predicted octanol–water partition coefficient (Wildman–Crippen LogP) is 4.32. The third-order valence-corrected chi connectivity index (χ3v) is 4.22. The minimum Gasteiger partial charge on any atom is -0.490 e. The third-order valence-electron chi connectivity index (χ3n) is 4.22. The molecule has 0 bridgehead atoms. The van der Waals surface area contributed by atoms with Gasteiger partial charge in [-0.2, -0.15) is 0 Å². The smallest absolute Gasteiger partial charge is 0.161 e. The Morgan fingerprint density at radius 1 is 1.05 bits per heavy atom. The molecule has 2 rings (SSSR count). The van der Waals surface area contributed by atoms with Gasteiger partial charge in [0.2, 0.25) is 0 Å². The van der Waals surface area contributed by atoms with Gasteiger partial charge >= 0.3 is 0 Å². The van der Waals surface area contributed by atoms with E-state index in [1.165, 1.54) is 31.2 Å². The topological polar surface area (TPSA) is 30.5 Å². The molecule has 1 unspecified atom stereocenters. The van der Waals surface area contributed by atoms with Gasteiger partial charge in [0, 0.05) is 6.04 Å². The van der Waals surface area contributed by atoms with Crippen LogP contribution in [-0.2, 0) is 0 Å². The van der Waals surface area contributed by atoms with Gasteiger partial charge in [0.15, 0.2) is 11.5 Å². The quantitative estimate of drug-likeness (QED) is 0.773. The summed E-state index contributed by atoms with van der Waals surface area (Å²) in [7, 11) is 0. The summed E-state index contributed by atoms with van der Waals surface area (Å²) in [5.41, 5.74) is 1.33. The van der Waals surface area contributed by atoms with Crippen LogP contribution >= 0.6 is 0 Å². The molecule has 1 aromatic carbocycles. The first-order chi connectivity index (χ1) is 10.3. The van der Waals surface area contributed by atoms with Gasteiger partial charge in [0.1, 0.15) is 0 Å². The molecule has 0 radical (unpaired) electrons. The summed E-state index contributed by atoms with van der Waals surface area (Å²) < 4.78 is 11.4. The van der Waals surface area contributed by atoms with Gasteiger partial charge in [-0.05, 0) is 56.8 Å². The second-order valence-electron chi connectivity index (χ2n) is 5.65. The van der Waals surface area contributed by atoms with Crippen molar-refractivity contribution >= 4 is 0 Å². The zero-order valence-electron chi connectivity index (χ0n) is 13.7. The van der Waals surface area contributed by atoms with Gasteiger partial charge in [0.25, 0.3) is 0 Å². The molecular formula is C18H29NO2. The molecule has 1 aliphatic rings. The first-order valence-corrected chi connectivity index (χ1v) is 8.43. The van der Waals surface area contributed by atoms with Crippen LogP contribution in [0.1, 0.15) is 58.1 Å². The molecule has 1 saturated carbocycles. The Balaban J connectivity index is 2.24. The molecule has 118 valence electrons. The predicted molar refractivity (Wildman–Crippen MR) is 87.2 cm³/mol. The van der Waals surface area contributed by atoms with Crippen molar-refractivity contribution in [2.75, 3.05) is 19.8 Å². The summed E-state index contributed by atoms with van der Waals surface area (Å²) in [6, 6.07) is 6.86. The van der Waals surface area contributed by atoms with Crippen LogP contribution in [0.2, 0.25) is 0 Å². The molecule has 0 spiro atoms. The number of hydrogen-bond acceptors (Lipinski definition) is 3. The summed E-state index contributed by atoms with van der Waals surface area (Å²) in [6.45, 7) is 8.53. The highest BCUT2D eigenvalue weighted by Gasteiger charge is 2.26. The van der Waals surface area contributed by atoms with Gasteiger partial charge < -0.3 is 14.8 Å². The minimum atomic E-state index is 0.437. The SMILES string of the molecule is CCNC(c1ccc(OCC)c(OCC)c1)C1CCCC1. The maximum absolute atomic E-state index is 5.77. The monoisotopic (exact) mass is 291 g/mol. The van der Waals surface area contributed by atoms with Crippen molar-refractivity contribution < 1.29 is 9.47 Å². The molecular weight excluding hydrogens is 262 g/mol. The second-order valence-corrected chi connectivity index (χ2v) is 5.65. The molecule has 0 amide bonds. The van der Waals surface area contributed by atoms with Crippen LogP contribution in [0.15, 0.2) is 18.2 Å². The van der Waals surface area contributed by atoms with Crippen molar-refractivity contribution in [3.63, 3.8) is 0 Å². The van der Waals surface area contributed by atoms with Gasteiger partial charge in [-0.25, -0.2) is 0 Å². The van der Waals surface area contributed by atoms with Gasteiger partial charge in [0.05, 0.1) is 13.2 Å².